The number of hydrogen-bond donors (Lipinski definition) is 1. The third kappa shape index (κ3) is 4.99. The summed E-state index contributed by atoms with van der Waals surface area (Å²) in [6.07, 6.45) is 1.09. The second kappa shape index (κ2) is 11.1. The Morgan fingerprint density at radius 1 is 0.867 bits per heavy atom. The molecule has 3 rings (SSSR count). The van der Waals surface area contributed by atoms with Crippen LogP contribution in [0.25, 0.3) is 0 Å². The Morgan fingerprint density at radius 3 is 2.23 bits per heavy atom. The second-order valence-electron chi connectivity index (χ2n) is 7.19. The Bertz CT molecular complexity index is 782. The molecular formula is C24H34N2O4. The fourth-order valence-electron chi connectivity index (χ4n) is 4.07. The Hall–Kier alpha value is -2.44. The second-order valence-corrected chi connectivity index (χ2v) is 7.19. The van der Waals surface area contributed by atoms with Crippen molar-refractivity contribution in [3.8, 4) is 23.0 Å². The van der Waals surface area contributed by atoms with E-state index in [2.05, 4.69) is 22.3 Å². The molecule has 30 heavy (non-hydrogen) atoms. The van der Waals surface area contributed by atoms with E-state index in [1.165, 1.54) is 0 Å². The zero-order chi connectivity index (χ0) is 21.3. The van der Waals surface area contributed by atoms with Crippen molar-refractivity contribution >= 4 is 0 Å². The molecular weight excluding hydrogens is 380 g/mol. The summed E-state index contributed by atoms with van der Waals surface area (Å²) in [4.78, 5) is 2.49. The highest BCUT2D eigenvalue weighted by Gasteiger charge is 2.29. The minimum atomic E-state index is -0.0223. The van der Waals surface area contributed by atoms with Crippen molar-refractivity contribution in [3.05, 3.63) is 47.5 Å². The van der Waals surface area contributed by atoms with Crippen molar-refractivity contribution in [2.45, 2.75) is 26.3 Å². The summed E-state index contributed by atoms with van der Waals surface area (Å²) in [6.45, 7) is 9.04. The van der Waals surface area contributed by atoms with Gasteiger partial charge in [-0.15, -0.1) is 0 Å². The van der Waals surface area contributed by atoms with Crippen LogP contribution >= 0.6 is 0 Å². The summed E-state index contributed by atoms with van der Waals surface area (Å²) < 4.78 is 23.3. The van der Waals surface area contributed by atoms with E-state index in [4.69, 9.17) is 18.9 Å². The minimum Gasteiger partial charge on any atom is -0.496 e. The number of ether oxygens (including phenoxy) is 4. The summed E-state index contributed by atoms with van der Waals surface area (Å²) in [5, 5.41) is 3.50. The normalized spacial score (nSPS) is 15.9. The molecule has 6 nitrogen and oxygen atoms in total. The van der Waals surface area contributed by atoms with E-state index < -0.39 is 0 Å². The molecule has 1 aliphatic rings. The van der Waals surface area contributed by atoms with Crippen LogP contribution in [-0.4, -0.2) is 58.5 Å². The molecule has 1 heterocycles. The maximum absolute atomic E-state index is 5.92. The SMILES string of the molecule is CCOc1ccc(C(c2c(OC)cccc2OC)N2CCCNCC2)cc1OCC. The first-order valence-electron chi connectivity index (χ1n) is 10.8. The number of rotatable bonds is 9. The molecule has 6 heteroatoms. The Balaban J connectivity index is 2.15. The highest BCUT2D eigenvalue weighted by molar-refractivity contribution is 5.53. The van der Waals surface area contributed by atoms with E-state index in [1.54, 1.807) is 14.2 Å². The molecule has 1 saturated heterocycles. The fraction of sp³-hybridized carbons (Fsp3) is 0.500. The molecule has 0 aromatic heterocycles. The highest BCUT2D eigenvalue weighted by Crippen LogP contribution is 2.43. The van der Waals surface area contributed by atoms with E-state index >= 15 is 0 Å². The van der Waals surface area contributed by atoms with Gasteiger partial charge in [0.05, 0.1) is 39.0 Å². The highest BCUT2D eigenvalue weighted by atomic mass is 16.5. The van der Waals surface area contributed by atoms with Crippen LogP contribution in [0.2, 0.25) is 0 Å². The van der Waals surface area contributed by atoms with Gasteiger partial charge in [-0.1, -0.05) is 12.1 Å². The first-order chi connectivity index (χ1) is 14.7. The molecule has 0 aliphatic carbocycles. The van der Waals surface area contributed by atoms with Gasteiger partial charge >= 0.3 is 0 Å². The molecule has 0 radical (unpaired) electrons. The Kier molecular flexibility index (Phi) is 8.22. The van der Waals surface area contributed by atoms with Gasteiger partial charge in [-0.25, -0.2) is 0 Å². The van der Waals surface area contributed by atoms with Crippen molar-refractivity contribution in [1.82, 2.24) is 10.2 Å². The summed E-state index contributed by atoms with van der Waals surface area (Å²) in [7, 11) is 3.42. The van der Waals surface area contributed by atoms with Crippen LogP contribution in [0.4, 0.5) is 0 Å². The quantitative estimate of drug-likeness (QED) is 0.672. The molecule has 1 aliphatic heterocycles. The van der Waals surface area contributed by atoms with E-state index in [1.807, 2.05) is 38.1 Å². The Morgan fingerprint density at radius 2 is 1.57 bits per heavy atom. The van der Waals surface area contributed by atoms with Crippen LogP contribution in [0.15, 0.2) is 36.4 Å². The van der Waals surface area contributed by atoms with Gasteiger partial charge in [-0.05, 0) is 56.6 Å². The molecule has 0 amide bonds. The van der Waals surface area contributed by atoms with Gasteiger partial charge in [-0.2, -0.15) is 0 Å². The van der Waals surface area contributed by atoms with Crippen molar-refractivity contribution in [1.29, 1.82) is 0 Å². The molecule has 1 unspecified atom stereocenters. The smallest absolute Gasteiger partial charge is 0.161 e. The van der Waals surface area contributed by atoms with E-state index in [0.29, 0.717) is 13.2 Å². The lowest BCUT2D eigenvalue weighted by Crippen LogP contribution is -2.33. The van der Waals surface area contributed by atoms with E-state index in [0.717, 1.165) is 66.7 Å². The maximum Gasteiger partial charge on any atom is 0.161 e. The minimum absolute atomic E-state index is 0.0223. The van der Waals surface area contributed by atoms with Crippen LogP contribution in [-0.2, 0) is 0 Å². The zero-order valence-electron chi connectivity index (χ0n) is 18.6. The molecule has 2 aromatic rings. The number of benzene rings is 2. The maximum atomic E-state index is 5.92. The third-order valence-corrected chi connectivity index (χ3v) is 5.36. The lowest BCUT2D eigenvalue weighted by atomic mass is 9.94. The van der Waals surface area contributed by atoms with Crippen LogP contribution in [0.1, 0.15) is 37.4 Å². The van der Waals surface area contributed by atoms with Gasteiger partial charge in [0.25, 0.3) is 0 Å². The predicted molar refractivity (Wildman–Crippen MR) is 119 cm³/mol. The van der Waals surface area contributed by atoms with Gasteiger partial charge in [-0.3, -0.25) is 4.90 Å². The zero-order valence-corrected chi connectivity index (χ0v) is 18.6. The number of hydrogen-bond acceptors (Lipinski definition) is 6. The molecule has 164 valence electrons. The first kappa shape index (κ1) is 22.2. The molecule has 1 N–H and O–H groups in total. The van der Waals surface area contributed by atoms with Crippen molar-refractivity contribution in [2.75, 3.05) is 53.6 Å². The van der Waals surface area contributed by atoms with Crippen molar-refractivity contribution in [3.63, 3.8) is 0 Å². The molecule has 0 spiro atoms. The van der Waals surface area contributed by atoms with Crippen LogP contribution in [0, 0.1) is 0 Å². The average Bonchev–Trinajstić information content (AvgIpc) is 3.05. The van der Waals surface area contributed by atoms with Gasteiger partial charge in [0, 0.05) is 19.6 Å². The van der Waals surface area contributed by atoms with Crippen LogP contribution in [0.5, 0.6) is 23.0 Å². The lowest BCUT2D eigenvalue weighted by molar-refractivity contribution is 0.229. The summed E-state index contributed by atoms with van der Waals surface area (Å²) in [5.74, 6) is 3.18. The first-order valence-corrected chi connectivity index (χ1v) is 10.8. The molecule has 0 saturated carbocycles. The van der Waals surface area contributed by atoms with E-state index in [9.17, 15) is 0 Å². The molecule has 1 fully saturated rings. The van der Waals surface area contributed by atoms with Crippen molar-refractivity contribution in [2.24, 2.45) is 0 Å². The standard InChI is InChI=1S/C24H34N2O4/c1-5-29-19-12-11-18(17-22(19)30-6-2)24(26-15-8-13-25-14-16-26)23-20(27-3)9-7-10-21(23)28-4/h7,9-12,17,24-25H,5-6,8,13-16H2,1-4H3. The molecule has 0 bridgehead atoms. The van der Waals surface area contributed by atoms with Crippen LogP contribution in [0.3, 0.4) is 0 Å². The van der Waals surface area contributed by atoms with Gasteiger partial charge in [0.15, 0.2) is 11.5 Å². The predicted octanol–water partition coefficient (Wildman–Crippen LogP) is 3.89. The van der Waals surface area contributed by atoms with Gasteiger partial charge in [0.1, 0.15) is 11.5 Å². The number of nitrogens with one attached hydrogen (secondary N) is 1. The van der Waals surface area contributed by atoms with Crippen LogP contribution < -0.4 is 24.3 Å². The monoisotopic (exact) mass is 414 g/mol. The Labute approximate surface area is 180 Å². The summed E-state index contributed by atoms with van der Waals surface area (Å²) >= 11 is 0. The van der Waals surface area contributed by atoms with E-state index in [-0.39, 0.29) is 6.04 Å². The average molecular weight is 415 g/mol. The molecule has 2 aromatic carbocycles. The molecule has 1 atom stereocenters. The number of methoxy groups -OCH3 is 2. The summed E-state index contributed by atoms with van der Waals surface area (Å²) in [5.41, 5.74) is 2.17. The third-order valence-electron chi connectivity index (χ3n) is 5.36. The number of nitrogens with zero attached hydrogens (tertiary/aromatic N) is 1. The largest absolute Gasteiger partial charge is 0.496 e. The van der Waals surface area contributed by atoms with Gasteiger partial charge < -0.3 is 24.3 Å². The summed E-state index contributed by atoms with van der Waals surface area (Å²) in [6, 6.07) is 12.2. The topological polar surface area (TPSA) is 52.2 Å². The van der Waals surface area contributed by atoms with Gasteiger partial charge in [0.2, 0.25) is 0 Å². The fourth-order valence-corrected chi connectivity index (χ4v) is 4.07. The lowest BCUT2D eigenvalue weighted by Gasteiger charge is -2.33. The van der Waals surface area contributed by atoms with Crippen molar-refractivity contribution < 1.29 is 18.9 Å².